The molecule has 2 aliphatic heterocycles. The zero-order chi connectivity index (χ0) is 23.4. The normalized spacial score (nSPS) is 18.5. The first kappa shape index (κ1) is 21.5. The molecule has 6 rings (SSSR count). The van der Waals surface area contributed by atoms with E-state index in [2.05, 4.69) is 15.4 Å². The largest absolute Gasteiger partial charge is 0.480 e. The van der Waals surface area contributed by atoms with E-state index in [1.807, 2.05) is 48.7 Å². The number of benzene rings is 3. The molecule has 170 valence electrons. The minimum absolute atomic E-state index is 0.333. The minimum Gasteiger partial charge on any atom is -0.480 e. The van der Waals surface area contributed by atoms with Crippen LogP contribution in [0, 0.1) is 5.82 Å². The van der Waals surface area contributed by atoms with Crippen molar-refractivity contribution in [2.45, 2.75) is 17.3 Å². The van der Waals surface area contributed by atoms with Gasteiger partial charge in [0.25, 0.3) is 0 Å². The van der Waals surface area contributed by atoms with Crippen molar-refractivity contribution in [1.82, 2.24) is 14.8 Å². The molecule has 3 aromatic carbocycles. The van der Waals surface area contributed by atoms with Gasteiger partial charge in [0.1, 0.15) is 23.7 Å². The van der Waals surface area contributed by atoms with E-state index in [-0.39, 0.29) is 5.82 Å². The molecule has 34 heavy (non-hydrogen) atoms. The number of hydrogen-bond acceptors (Lipinski definition) is 5. The van der Waals surface area contributed by atoms with Crippen molar-refractivity contribution < 1.29 is 9.13 Å². The number of rotatable bonds is 3. The number of nitrogens with one attached hydrogen (secondary N) is 1. The molecule has 2 aliphatic rings. The molecule has 0 saturated carbocycles. The second-order valence-corrected chi connectivity index (χ2v) is 9.58. The Balaban J connectivity index is 1.66. The molecule has 0 spiro atoms. The highest BCUT2D eigenvalue weighted by Crippen LogP contribution is 2.51. The number of hydrogen-bond donors (Lipinski definition) is 1. The monoisotopic (exact) mass is 510 g/mol. The molecule has 1 N–H and O–H groups in total. The second-order valence-electron chi connectivity index (χ2n) is 7.94. The van der Waals surface area contributed by atoms with Gasteiger partial charge in [-0.15, -0.1) is 5.10 Å². The number of aromatic nitrogens is 3. The van der Waals surface area contributed by atoms with Gasteiger partial charge in [0.05, 0.1) is 5.70 Å². The van der Waals surface area contributed by atoms with Crippen LogP contribution in [-0.4, -0.2) is 21.0 Å². The Labute approximate surface area is 209 Å². The summed E-state index contributed by atoms with van der Waals surface area (Å²) in [6.45, 7) is 0. The van der Waals surface area contributed by atoms with Gasteiger partial charge in [-0.1, -0.05) is 65.3 Å². The van der Waals surface area contributed by atoms with Crippen LogP contribution in [0.25, 0.3) is 5.70 Å². The first-order valence-electron chi connectivity index (χ1n) is 10.5. The van der Waals surface area contributed by atoms with Crippen LogP contribution in [0.15, 0.2) is 77.5 Å². The van der Waals surface area contributed by atoms with Gasteiger partial charge in [0.2, 0.25) is 11.1 Å². The van der Waals surface area contributed by atoms with E-state index in [9.17, 15) is 0 Å². The molecule has 0 saturated heterocycles. The highest BCUT2D eigenvalue weighted by molar-refractivity contribution is 7.98. The number of halogens is 3. The van der Waals surface area contributed by atoms with E-state index in [4.69, 9.17) is 27.9 Å². The van der Waals surface area contributed by atoms with Crippen LogP contribution < -0.4 is 10.1 Å². The Morgan fingerprint density at radius 3 is 2.56 bits per heavy atom. The lowest BCUT2D eigenvalue weighted by Crippen LogP contribution is -2.32. The maximum atomic E-state index is 15.3. The van der Waals surface area contributed by atoms with Crippen LogP contribution in [-0.2, 0) is 0 Å². The molecule has 1 aromatic heterocycles. The van der Waals surface area contributed by atoms with Crippen LogP contribution in [0.5, 0.6) is 5.75 Å². The Kier molecular flexibility index (Phi) is 5.28. The topological polar surface area (TPSA) is 52.0 Å². The van der Waals surface area contributed by atoms with Gasteiger partial charge < -0.3 is 10.1 Å². The van der Waals surface area contributed by atoms with Crippen LogP contribution >= 0.6 is 35.0 Å². The second kappa shape index (κ2) is 8.34. The van der Waals surface area contributed by atoms with Gasteiger partial charge >= 0.3 is 0 Å². The summed E-state index contributed by atoms with van der Waals surface area (Å²) in [5.41, 5.74) is 3.74. The lowest BCUT2D eigenvalue weighted by atomic mass is 9.84. The summed E-state index contributed by atoms with van der Waals surface area (Å²) in [5.74, 6) is 0.861. The first-order valence-corrected chi connectivity index (χ1v) is 12.5. The maximum Gasteiger partial charge on any atom is 0.227 e. The molecule has 0 fully saturated rings. The summed E-state index contributed by atoms with van der Waals surface area (Å²) in [4.78, 5) is 4.63. The number of fused-ring (bicyclic) bond motifs is 3. The van der Waals surface area contributed by atoms with E-state index in [1.165, 1.54) is 17.8 Å². The molecule has 0 aliphatic carbocycles. The van der Waals surface area contributed by atoms with E-state index < -0.39 is 12.1 Å². The van der Waals surface area contributed by atoms with Crippen molar-refractivity contribution in [3.63, 3.8) is 0 Å². The summed E-state index contributed by atoms with van der Waals surface area (Å²) in [6, 6.07) is 19.1. The van der Waals surface area contributed by atoms with Crippen LogP contribution in [0.2, 0.25) is 10.0 Å². The van der Waals surface area contributed by atoms with E-state index in [0.29, 0.717) is 32.5 Å². The Morgan fingerprint density at radius 2 is 1.79 bits per heavy atom. The fourth-order valence-electron chi connectivity index (χ4n) is 4.48. The summed E-state index contributed by atoms with van der Waals surface area (Å²) >= 11 is 14.0. The molecule has 9 heteroatoms. The quantitative estimate of drug-likeness (QED) is 0.300. The van der Waals surface area contributed by atoms with Crippen molar-refractivity contribution in [1.29, 1.82) is 0 Å². The zero-order valence-corrected chi connectivity index (χ0v) is 20.1. The van der Waals surface area contributed by atoms with Gasteiger partial charge in [0, 0.05) is 26.7 Å². The molecule has 0 unspecified atom stereocenters. The fourth-order valence-corrected chi connectivity index (χ4v) is 5.12. The van der Waals surface area contributed by atoms with Gasteiger partial charge in [-0.05, 0) is 48.2 Å². The van der Waals surface area contributed by atoms with Crippen LogP contribution in [0.1, 0.15) is 28.8 Å². The number of nitrogens with zero attached hydrogens (tertiary/aromatic N) is 3. The third-order valence-corrected chi connectivity index (χ3v) is 7.00. The van der Waals surface area contributed by atoms with Gasteiger partial charge in [-0.25, -0.2) is 9.07 Å². The third kappa shape index (κ3) is 3.47. The molecular formula is C25H17Cl2FN4OS. The van der Waals surface area contributed by atoms with Crippen LogP contribution in [0.3, 0.4) is 0 Å². The highest BCUT2D eigenvalue weighted by Gasteiger charge is 2.42. The van der Waals surface area contributed by atoms with Gasteiger partial charge in [0.15, 0.2) is 0 Å². The summed E-state index contributed by atoms with van der Waals surface area (Å²) < 4.78 is 23.5. The average Bonchev–Trinajstić information content (AvgIpc) is 3.26. The van der Waals surface area contributed by atoms with Crippen molar-refractivity contribution in [3.8, 4) is 5.75 Å². The minimum atomic E-state index is -0.589. The fraction of sp³-hybridized carbons (Fsp3) is 0.120. The molecule has 2 atom stereocenters. The maximum absolute atomic E-state index is 15.3. The van der Waals surface area contributed by atoms with E-state index >= 15 is 4.39 Å². The molecule has 0 bridgehead atoms. The van der Waals surface area contributed by atoms with E-state index in [0.717, 1.165) is 22.4 Å². The lowest BCUT2D eigenvalue weighted by molar-refractivity contribution is 0.222. The Bertz CT molecular complexity index is 1450. The van der Waals surface area contributed by atoms with Crippen molar-refractivity contribution >= 4 is 46.6 Å². The highest BCUT2D eigenvalue weighted by atomic mass is 35.5. The molecule has 0 amide bonds. The molecule has 0 radical (unpaired) electrons. The Morgan fingerprint density at radius 1 is 1.03 bits per heavy atom. The van der Waals surface area contributed by atoms with Crippen molar-refractivity contribution in [3.05, 3.63) is 105 Å². The molecule has 3 heterocycles. The summed E-state index contributed by atoms with van der Waals surface area (Å²) in [5, 5.41) is 9.89. The first-order chi connectivity index (χ1) is 16.5. The van der Waals surface area contributed by atoms with Crippen LogP contribution in [0.4, 0.5) is 10.3 Å². The smallest absolute Gasteiger partial charge is 0.227 e. The standard InChI is InChI=1S/C25H17Cl2FN4OS/c1-34-25-30-24-29-21-17-12-15(27)10-11-19(17)33-23(13-6-8-14(26)9-7-13)20(21)22(32(24)31-25)16-4-2-3-5-18(16)28/h2-12,22-23H,1H3,(H,29,30,31)/t22-,23+/m1/s1. The van der Waals surface area contributed by atoms with Crippen molar-refractivity contribution in [2.75, 3.05) is 11.6 Å². The average molecular weight is 511 g/mol. The lowest BCUT2D eigenvalue weighted by Gasteiger charge is -2.39. The SMILES string of the molecule is CSc1nc2n(n1)[C@H](c1ccccc1F)C1=C(N2)c2cc(Cl)ccc2O[C@H]1c1ccc(Cl)cc1. The molecule has 4 aromatic rings. The third-order valence-electron chi connectivity index (χ3n) is 5.97. The van der Waals surface area contributed by atoms with E-state index in [1.54, 1.807) is 22.9 Å². The van der Waals surface area contributed by atoms with Gasteiger partial charge in [-0.3, -0.25) is 0 Å². The predicted molar refractivity (Wildman–Crippen MR) is 133 cm³/mol. The summed E-state index contributed by atoms with van der Waals surface area (Å²) in [6.07, 6.45) is 1.38. The summed E-state index contributed by atoms with van der Waals surface area (Å²) in [7, 11) is 0. The predicted octanol–water partition coefficient (Wildman–Crippen LogP) is 7.01. The zero-order valence-electron chi connectivity index (χ0n) is 17.8. The van der Waals surface area contributed by atoms with Crippen molar-refractivity contribution in [2.24, 2.45) is 0 Å². The molecule has 5 nitrogen and oxygen atoms in total. The molecular weight excluding hydrogens is 494 g/mol. The number of thioether (sulfide) groups is 1. The number of anilines is 1. The number of ether oxygens (including phenoxy) is 1. The Hall–Kier alpha value is -3.00. The van der Waals surface area contributed by atoms with Gasteiger partial charge in [-0.2, -0.15) is 4.98 Å².